The fourth-order valence-corrected chi connectivity index (χ4v) is 5.26. The molecule has 5 rings (SSSR count). The van der Waals surface area contributed by atoms with Crippen LogP contribution in [-0.2, 0) is 6.61 Å². The van der Waals surface area contributed by atoms with E-state index in [1.54, 1.807) is 23.5 Å². The topological polar surface area (TPSA) is 64.4 Å². The Kier molecular flexibility index (Phi) is 7.04. The molecule has 0 saturated heterocycles. The minimum absolute atomic E-state index is 0.213. The normalized spacial score (nSPS) is 11.3. The van der Waals surface area contributed by atoms with Crippen molar-refractivity contribution in [3.05, 3.63) is 100.0 Å². The zero-order valence-electron chi connectivity index (χ0n) is 21.1. The number of thiazole rings is 1. The SMILES string of the molecule is Cc1ccc2nc(-c3ccc(NC(=O)c4ccc(COc5cc(C)c(Cl)cc5C(C)C)o4)cc3)sc2c1. The van der Waals surface area contributed by atoms with E-state index in [-0.39, 0.29) is 24.2 Å². The van der Waals surface area contributed by atoms with Gasteiger partial charge >= 0.3 is 0 Å². The molecule has 1 amide bonds. The largest absolute Gasteiger partial charge is 0.485 e. The maximum atomic E-state index is 12.8. The number of fused-ring (bicyclic) bond motifs is 1. The third-order valence-corrected chi connectivity index (χ3v) is 7.58. The van der Waals surface area contributed by atoms with Crippen molar-refractivity contribution < 1.29 is 13.9 Å². The molecule has 5 nitrogen and oxygen atoms in total. The van der Waals surface area contributed by atoms with E-state index < -0.39 is 0 Å². The molecule has 2 aromatic heterocycles. The van der Waals surface area contributed by atoms with Crippen LogP contribution in [0.3, 0.4) is 0 Å². The van der Waals surface area contributed by atoms with Gasteiger partial charge in [-0.05, 0) is 97.1 Å². The first-order chi connectivity index (χ1) is 17.8. The van der Waals surface area contributed by atoms with Gasteiger partial charge in [0.05, 0.1) is 10.2 Å². The van der Waals surface area contributed by atoms with Crippen LogP contribution in [0.15, 0.2) is 71.1 Å². The number of hydrogen-bond acceptors (Lipinski definition) is 5. The maximum Gasteiger partial charge on any atom is 0.291 e. The second-order valence-corrected chi connectivity index (χ2v) is 10.8. The van der Waals surface area contributed by atoms with Crippen molar-refractivity contribution in [2.24, 2.45) is 0 Å². The van der Waals surface area contributed by atoms with E-state index in [1.807, 2.05) is 49.4 Å². The molecule has 0 aliphatic heterocycles. The summed E-state index contributed by atoms with van der Waals surface area (Å²) in [5.41, 5.74) is 5.88. The molecule has 0 atom stereocenters. The third kappa shape index (κ3) is 5.55. The van der Waals surface area contributed by atoms with Crippen molar-refractivity contribution in [2.75, 3.05) is 5.32 Å². The predicted molar refractivity (Wildman–Crippen MR) is 151 cm³/mol. The number of aromatic nitrogens is 1. The number of furan rings is 1. The van der Waals surface area contributed by atoms with Crippen molar-refractivity contribution in [1.29, 1.82) is 0 Å². The number of carbonyl (C=O) groups excluding carboxylic acids is 1. The molecule has 0 fully saturated rings. The van der Waals surface area contributed by atoms with Crippen LogP contribution in [0.4, 0.5) is 5.69 Å². The highest BCUT2D eigenvalue weighted by Gasteiger charge is 2.15. The number of ether oxygens (including phenoxy) is 1. The smallest absolute Gasteiger partial charge is 0.291 e. The van der Waals surface area contributed by atoms with Gasteiger partial charge in [-0.25, -0.2) is 4.98 Å². The summed E-state index contributed by atoms with van der Waals surface area (Å²) >= 11 is 7.95. The van der Waals surface area contributed by atoms with Gasteiger partial charge in [0.2, 0.25) is 0 Å². The van der Waals surface area contributed by atoms with Crippen LogP contribution < -0.4 is 10.1 Å². The first-order valence-electron chi connectivity index (χ1n) is 12.1. The molecule has 0 unspecified atom stereocenters. The fourth-order valence-electron chi connectivity index (χ4n) is 4.02. The summed E-state index contributed by atoms with van der Waals surface area (Å²) in [6.07, 6.45) is 0. The summed E-state index contributed by atoms with van der Waals surface area (Å²) in [5.74, 6) is 1.49. The first-order valence-corrected chi connectivity index (χ1v) is 13.3. The molecule has 188 valence electrons. The van der Waals surface area contributed by atoms with E-state index in [2.05, 4.69) is 38.2 Å². The summed E-state index contributed by atoms with van der Waals surface area (Å²) in [4.78, 5) is 17.5. The number of benzene rings is 3. The number of rotatable bonds is 7. The standard InChI is InChI=1S/C30H27ClN2O3S/c1-17(2)23-15-24(31)19(4)14-27(23)35-16-22-10-12-26(36-22)29(34)32-21-8-6-20(7-9-21)30-33-25-11-5-18(3)13-28(25)37-30/h5-15,17H,16H2,1-4H3,(H,32,34). The van der Waals surface area contributed by atoms with Gasteiger partial charge in [-0.2, -0.15) is 0 Å². The van der Waals surface area contributed by atoms with E-state index in [0.29, 0.717) is 11.4 Å². The molecule has 0 spiro atoms. The molecule has 7 heteroatoms. The van der Waals surface area contributed by atoms with Crippen LogP contribution in [0.2, 0.25) is 5.02 Å². The van der Waals surface area contributed by atoms with Gasteiger partial charge in [0.15, 0.2) is 5.76 Å². The monoisotopic (exact) mass is 530 g/mol. The van der Waals surface area contributed by atoms with E-state index in [4.69, 9.17) is 25.7 Å². The number of anilines is 1. The number of hydrogen-bond donors (Lipinski definition) is 1. The molecule has 5 aromatic rings. The molecule has 0 aliphatic rings. The van der Waals surface area contributed by atoms with Crippen LogP contribution >= 0.6 is 22.9 Å². The van der Waals surface area contributed by atoms with Crippen LogP contribution in [0, 0.1) is 13.8 Å². The van der Waals surface area contributed by atoms with Gasteiger partial charge in [0.1, 0.15) is 23.1 Å². The Labute approximate surface area is 225 Å². The van der Waals surface area contributed by atoms with Gasteiger partial charge in [-0.1, -0.05) is 31.5 Å². The second-order valence-electron chi connectivity index (χ2n) is 9.37. The number of nitrogens with zero attached hydrogens (tertiary/aromatic N) is 1. The van der Waals surface area contributed by atoms with Crippen molar-refractivity contribution in [1.82, 2.24) is 4.98 Å². The van der Waals surface area contributed by atoms with Crippen LogP contribution in [0.25, 0.3) is 20.8 Å². The minimum atomic E-state index is -0.320. The number of carbonyl (C=O) groups is 1. The Morgan fingerprint density at radius 2 is 1.84 bits per heavy atom. The van der Waals surface area contributed by atoms with E-state index in [0.717, 1.165) is 42.7 Å². The quantitative estimate of drug-likeness (QED) is 0.228. The van der Waals surface area contributed by atoms with Gasteiger partial charge in [-0.3, -0.25) is 4.79 Å². The second kappa shape index (κ2) is 10.4. The lowest BCUT2D eigenvalue weighted by Gasteiger charge is -2.15. The highest BCUT2D eigenvalue weighted by molar-refractivity contribution is 7.21. The van der Waals surface area contributed by atoms with Gasteiger partial charge < -0.3 is 14.5 Å². The summed E-state index contributed by atoms with van der Waals surface area (Å²) in [7, 11) is 0. The number of halogens is 1. The van der Waals surface area contributed by atoms with Gasteiger partial charge in [-0.15, -0.1) is 11.3 Å². The molecule has 1 N–H and O–H groups in total. The predicted octanol–water partition coefficient (Wildman–Crippen LogP) is 8.78. The molecule has 2 heterocycles. The molecule has 37 heavy (non-hydrogen) atoms. The molecule has 0 radical (unpaired) electrons. The Bertz CT molecular complexity index is 1580. The Hall–Kier alpha value is -3.61. The Morgan fingerprint density at radius 1 is 1.05 bits per heavy atom. The Balaban J connectivity index is 1.23. The summed E-state index contributed by atoms with van der Waals surface area (Å²) in [6, 6.07) is 21.2. The lowest BCUT2D eigenvalue weighted by atomic mass is 10.0. The molecule has 0 aliphatic carbocycles. The van der Waals surface area contributed by atoms with E-state index >= 15 is 0 Å². The molecule has 0 saturated carbocycles. The minimum Gasteiger partial charge on any atom is -0.485 e. The maximum absolute atomic E-state index is 12.8. The number of nitrogens with one attached hydrogen (secondary N) is 1. The zero-order valence-corrected chi connectivity index (χ0v) is 22.7. The third-order valence-electron chi connectivity index (χ3n) is 6.10. The highest BCUT2D eigenvalue weighted by atomic mass is 35.5. The molecule has 0 bridgehead atoms. The summed E-state index contributed by atoms with van der Waals surface area (Å²) < 4.78 is 12.9. The highest BCUT2D eigenvalue weighted by Crippen LogP contribution is 2.33. The number of amides is 1. The van der Waals surface area contributed by atoms with E-state index in [9.17, 15) is 4.79 Å². The summed E-state index contributed by atoms with van der Waals surface area (Å²) in [6.45, 7) is 8.42. The Morgan fingerprint density at radius 3 is 2.59 bits per heavy atom. The van der Waals surface area contributed by atoms with Crippen LogP contribution in [0.5, 0.6) is 5.75 Å². The molecular weight excluding hydrogens is 504 g/mol. The average Bonchev–Trinajstić information content (AvgIpc) is 3.52. The molecular formula is C30H27ClN2O3S. The zero-order chi connectivity index (χ0) is 26.1. The van der Waals surface area contributed by atoms with Crippen molar-refractivity contribution in [2.45, 2.75) is 40.2 Å². The van der Waals surface area contributed by atoms with Crippen molar-refractivity contribution in [3.8, 4) is 16.3 Å². The van der Waals surface area contributed by atoms with Crippen molar-refractivity contribution in [3.63, 3.8) is 0 Å². The van der Waals surface area contributed by atoms with E-state index in [1.165, 1.54) is 5.56 Å². The average molecular weight is 531 g/mol. The lowest BCUT2D eigenvalue weighted by Crippen LogP contribution is -2.10. The van der Waals surface area contributed by atoms with Crippen LogP contribution in [0.1, 0.15) is 52.8 Å². The fraction of sp³-hybridized carbons (Fsp3) is 0.200. The lowest BCUT2D eigenvalue weighted by molar-refractivity contribution is 0.0992. The summed E-state index contributed by atoms with van der Waals surface area (Å²) in [5, 5.41) is 4.56. The first kappa shape index (κ1) is 25.1. The van der Waals surface area contributed by atoms with Gasteiger partial charge in [0.25, 0.3) is 5.91 Å². The number of aryl methyl sites for hydroxylation is 2. The van der Waals surface area contributed by atoms with Crippen molar-refractivity contribution >= 4 is 44.7 Å². The van der Waals surface area contributed by atoms with Crippen LogP contribution in [-0.4, -0.2) is 10.9 Å². The van der Waals surface area contributed by atoms with Gasteiger partial charge in [0, 0.05) is 16.3 Å². The molecule has 3 aromatic carbocycles.